The van der Waals surface area contributed by atoms with Crippen LogP contribution in [0.2, 0.25) is 0 Å². The zero-order valence-electron chi connectivity index (χ0n) is 9.30. The van der Waals surface area contributed by atoms with Crippen molar-refractivity contribution in [2.24, 2.45) is 5.73 Å². The van der Waals surface area contributed by atoms with E-state index in [-0.39, 0.29) is 0 Å². The smallest absolute Gasteiger partial charge is 0.137 e. The number of nitrogens with two attached hydrogens (primary N) is 1. The van der Waals surface area contributed by atoms with Gasteiger partial charge in [-0.3, -0.25) is 0 Å². The van der Waals surface area contributed by atoms with E-state index in [0.29, 0.717) is 6.54 Å². The highest BCUT2D eigenvalue weighted by Gasteiger charge is 2.08. The minimum Gasteiger partial charge on any atom is -0.329 e. The quantitative estimate of drug-likeness (QED) is 0.850. The number of nitrogens with zero attached hydrogens (tertiary/aromatic N) is 2. The molecule has 3 heteroatoms. The van der Waals surface area contributed by atoms with Crippen LogP contribution in [0.15, 0.2) is 48.7 Å². The van der Waals surface area contributed by atoms with E-state index in [2.05, 4.69) is 17.1 Å². The largest absolute Gasteiger partial charge is 0.329 e. The Bertz CT molecular complexity index is 454. The molecule has 0 aliphatic carbocycles. The second-order valence-corrected chi connectivity index (χ2v) is 3.58. The lowest BCUT2D eigenvalue weighted by Gasteiger charge is -2.20. The number of benzene rings is 1. The van der Waals surface area contributed by atoms with Gasteiger partial charge in [0.1, 0.15) is 5.82 Å². The Kier molecular flexibility index (Phi) is 3.17. The second kappa shape index (κ2) is 4.77. The third kappa shape index (κ3) is 2.04. The Morgan fingerprint density at radius 2 is 1.88 bits per heavy atom. The van der Waals surface area contributed by atoms with Gasteiger partial charge in [-0.15, -0.1) is 0 Å². The maximum absolute atomic E-state index is 5.70. The molecule has 0 unspecified atom stereocenters. The lowest BCUT2D eigenvalue weighted by Crippen LogP contribution is -2.14. The molecule has 0 amide bonds. The van der Waals surface area contributed by atoms with Gasteiger partial charge in [-0.2, -0.15) is 0 Å². The van der Waals surface area contributed by atoms with Crippen LogP contribution < -0.4 is 10.6 Å². The van der Waals surface area contributed by atoms with E-state index in [1.54, 1.807) is 6.20 Å². The third-order valence-electron chi connectivity index (χ3n) is 2.55. The molecule has 1 heterocycles. The molecule has 2 rings (SSSR count). The van der Waals surface area contributed by atoms with Crippen molar-refractivity contribution in [2.45, 2.75) is 6.54 Å². The van der Waals surface area contributed by atoms with Gasteiger partial charge in [-0.05, 0) is 18.2 Å². The number of aromatic nitrogens is 1. The molecule has 0 spiro atoms. The van der Waals surface area contributed by atoms with E-state index < -0.39 is 0 Å². The summed E-state index contributed by atoms with van der Waals surface area (Å²) in [5, 5.41) is 0. The maximum Gasteiger partial charge on any atom is 0.137 e. The average Bonchev–Trinajstić information content (AvgIpc) is 2.39. The summed E-state index contributed by atoms with van der Waals surface area (Å²) in [6.07, 6.45) is 1.79. The molecule has 0 saturated heterocycles. The standard InChI is InChI=1S/C13H15N3/c1-16(12-7-3-2-4-8-12)13-11(10-14)6-5-9-15-13/h2-9H,10,14H2,1H3. The summed E-state index contributed by atoms with van der Waals surface area (Å²) in [6.45, 7) is 0.500. The van der Waals surface area contributed by atoms with Crippen LogP contribution in [0, 0.1) is 0 Å². The van der Waals surface area contributed by atoms with E-state index in [1.807, 2.05) is 42.3 Å². The van der Waals surface area contributed by atoms with Crippen molar-refractivity contribution >= 4 is 11.5 Å². The van der Waals surface area contributed by atoms with Gasteiger partial charge < -0.3 is 10.6 Å². The fourth-order valence-corrected chi connectivity index (χ4v) is 1.67. The van der Waals surface area contributed by atoms with Crippen LogP contribution in [-0.4, -0.2) is 12.0 Å². The molecule has 2 N–H and O–H groups in total. The maximum atomic E-state index is 5.70. The molecular weight excluding hydrogens is 198 g/mol. The monoisotopic (exact) mass is 213 g/mol. The number of rotatable bonds is 3. The highest BCUT2D eigenvalue weighted by Crippen LogP contribution is 2.23. The fourth-order valence-electron chi connectivity index (χ4n) is 1.67. The zero-order valence-corrected chi connectivity index (χ0v) is 9.30. The second-order valence-electron chi connectivity index (χ2n) is 3.58. The molecular formula is C13H15N3. The summed E-state index contributed by atoms with van der Waals surface area (Å²) >= 11 is 0. The molecule has 0 radical (unpaired) electrons. The Morgan fingerprint density at radius 3 is 2.56 bits per heavy atom. The molecule has 2 aromatic rings. The molecule has 0 saturated carbocycles. The van der Waals surface area contributed by atoms with E-state index in [0.717, 1.165) is 17.1 Å². The summed E-state index contributed by atoms with van der Waals surface area (Å²) in [6, 6.07) is 14.0. The molecule has 1 aromatic heterocycles. The first-order valence-corrected chi connectivity index (χ1v) is 5.25. The van der Waals surface area contributed by atoms with Crippen LogP contribution >= 0.6 is 0 Å². The summed E-state index contributed by atoms with van der Waals surface area (Å²) in [7, 11) is 2.00. The zero-order chi connectivity index (χ0) is 11.4. The Hall–Kier alpha value is -1.87. The predicted octanol–water partition coefficient (Wildman–Crippen LogP) is 2.31. The molecule has 16 heavy (non-hydrogen) atoms. The van der Waals surface area contributed by atoms with Crippen molar-refractivity contribution < 1.29 is 0 Å². The van der Waals surface area contributed by atoms with Crippen LogP contribution in [0.5, 0.6) is 0 Å². The first-order valence-electron chi connectivity index (χ1n) is 5.25. The molecule has 0 atom stereocenters. The fraction of sp³-hybridized carbons (Fsp3) is 0.154. The minimum atomic E-state index is 0.500. The van der Waals surface area contributed by atoms with Gasteiger partial charge in [0.05, 0.1) is 0 Å². The third-order valence-corrected chi connectivity index (χ3v) is 2.55. The van der Waals surface area contributed by atoms with Crippen molar-refractivity contribution in [3.05, 3.63) is 54.2 Å². The van der Waals surface area contributed by atoms with Crippen molar-refractivity contribution in [3.8, 4) is 0 Å². The van der Waals surface area contributed by atoms with Crippen LogP contribution in [0.3, 0.4) is 0 Å². The van der Waals surface area contributed by atoms with Crippen LogP contribution in [0.1, 0.15) is 5.56 Å². The van der Waals surface area contributed by atoms with Crippen molar-refractivity contribution in [1.82, 2.24) is 4.98 Å². The molecule has 0 bridgehead atoms. The Balaban J connectivity index is 2.37. The number of anilines is 2. The predicted molar refractivity (Wildman–Crippen MR) is 66.6 cm³/mol. The van der Waals surface area contributed by atoms with E-state index >= 15 is 0 Å². The van der Waals surface area contributed by atoms with Gasteiger partial charge in [0.25, 0.3) is 0 Å². The average molecular weight is 213 g/mol. The molecule has 1 aromatic carbocycles. The Morgan fingerprint density at radius 1 is 1.12 bits per heavy atom. The normalized spacial score (nSPS) is 10.1. The van der Waals surface area contributed by atoms with Gasteiger partial charge in [0.15, 0.2) is 0 Å². The number of para-hydroxylation sites is 1. The highest BCUT2D eigenvalue weighted by atomic mass is 15.2. The number of hydrogen-bond donors (Lipinski definition) is 1. The van der Waals surface area contributed by atoms with E-state index in [1.165, 1.54) is 0 Å². The van der Waals surface area contributed by atoms with Gasteiger partial charge >= 0.3 is 0 Å². The first-order chi connectivity index (χ1) is 7.83. The minimum absolute atomic E-state index is 0.500. The van der Waals surface area contributed by atoms with Crippen molar-refractivity contribution in [1.29, 1.82) is 0 Å². The lowest BCUT2D eigenvalue weighted by molar-refractivity contribution is 1.01. The molecule has 3 nitrogen and oxygen atoms in total. The molecule has 0 fully saturated rings. The van der Waals surface area contributed by atoms with Crippen LogP contribution in [0.4, 0.5) is 11.5 Å². The topological polar surface area (TPSA) is 42.2 Å². The lowest BCUT2D eigenvalue weighted by atomic mass is 10.2. The molecule has 0 aliphatic heterocycles. The summed E-state index contributed by atoms with van der Waals surface area (Å²) in [4.78, 5) is 6.42. The van der Waals surface area contributed by atoms with E-state index in [4.69, 9.17) is 5.73 Å². The first kappa shape index (κ1) is 10.6. The van der Waals surface area contributed by atoms with Gasteiger partial charge in [0, 0.05) is 31.0 Å². The SMILES string of the molecule is CN(c1ccccc1)c1ncccc1CN. The van der Waals surface area contributed by atoms with Crippen molar-refractivity contribution in [3.63, 3.8) is 0 Å². The van der Waals surface area contributed by atoms with Crippen LogP contribution in [0.25, 0.3) is 0 Å². The Labute approximate surface area is 95.5 Å². The van der Waals surface area contributed by atoms with Gasteiger partial charge in [-0.1, -0.05) is 24.3 Å². The van der Waals surface area contributed by atoms with Crippen LogP contribution in [-0.2, 0) is 6.54 Å². The van der Waals surface area contributed by atoms with E-state index in [9.17, 15) is 0 Å². The highest BCUT2D eigenvalue weighted by molar-refractivity contribution is 5.61. The van der Waals surface area contributed by atoms with Gasteiger partial charge in [-0.25, -0.2) is 4.98 Å². The summed E-state index contributed by atoms with van der Waals surface area (Å²) in [5.74, 6) is 0.913. The molecule has 0 aliphatic rings. The van der Waals surface area contributed by atoms with Gasteiger partial charge in [0.2, 0.25) is 0 Å². The molecule has 82 valence electrons. The number of hydrogen-bond acceptors (Lipinski definition) is 3. The van der Waals surface area contributed by atoms with Crippen molar-refractivity contribution in [2.75, 3.05) is 11.9 Å². The summed E-state index contributed by atoms with van der Waals surface area (Å²) < 4.78 is 0. The summed E-state index contributed by atoms with van der Waals surface area (Å²) in [5.41, 5.74) is 7.86. The number of pyridine rings is 1.